The van der Waals surface area contributed by atoms with Crippen LogP contribution in [0.15, 0.2) is 12.1 Å². The van der Waals surface area contributed by atoms with Gasteiger partial charge in [0, 0.05) is 6.07 Å². The number of nitrogens with one attached hydrogen (secondary N) is 1. The first kappa shape index (κ1) is 17.6. The first-order chi connectivity index (χ1) is 10.0. The quantitative estimate of drug-likeness (QED) is 0.524. The van der Waals surface area contributed by atoms with Crippen molar-refractivity contribution in [2.24, 2.45) is 5.41 Å². The van der Waals surface area contributed by atoms with Crippen molar-refractivity contribution in [3.63, 3.8) is 0 Å². The molecule has 1 N–H and O–H groups in total. The van der Waals surface area contributed by atoms with Crippen LogP contribution in [0.25, 0.3) is 0 Å². The van der Waals surface area contributed by atoms with E-state index in [2.05, 4.69) is 5.32 Å². The average Bonchev–Trinajstić information content (AvgIpc) is 2.38. The molecule has 0 spiro atoms. The van der Waals surface area contributed by atoms with Gasteiger partial charge in [0.05, 0.1) is 10.3 Å². The van der Waals surface area contributed by atoms with E-state index in [1.165, 1.54) is 12.1 Å². The average molecular weight is 308 g/mol. The van der Waals surface area contributed by atoms with Crippen molar-refractivity contribution in [1.29, 1.82) is 0 Å². The van der Waals surface area contributed by atoms with E-state index in [-0.39, 0.29) is 11.4 Å². The third-order valence-electron chi connectivity index (χ3n) is 3.03. The van der Waals surface area contributed by atoms with Gasteiger partial charge in [0.15, 0.2) is 6.61 Å². The van der Waals surface area contributed by atoms with Gasteiger partial charge in [0.25, 0.3) is 11.6 Å². The topological polar surface area (TPSA) is 98.5 Å². The van der Waals surface area contributed by atoms with E-state index in [9.17, 15) is 19.7 Å². The van der Waals surface area contributed by atoms with Crippen LogP contribution >= 0.6 is 0 Å². The Morgan fingerprint density at radius 3 is 2.27 bits per heavy atom. The van der Waals surface area contributed by atoms with Crippen molar-refractivity contribution in [3.8, 4) is 0 Å². The number of ether oxygens (including phenoxy) is 1. The minimum absolute atomic E-state index is 0.0879. The molecule has 0 aliphatic carbocycles. The van der Waals surface area contributed by atoms with Crippen LogP contribution in [0.1, 0.15) is 31.9 Å². The largest absolute Gasteiger partial charge is 0.455 e. The zero-order valence-corrected chi connectivity index (χ0v) is 13.4. The van der Waals surface area contributed by atoms with Crippen molar-refractivity contribution in [2.45, 2.75) is 34.6 Å². The van der Waals surface area contributed by atoms with Crippen LogP contribution in [-0.2, 0) is 14.3 Å². The summed E-state index contributed by atoms with van der Waals surface area (Å²) in [4.78, 5) is 33.9. The number of carbonyl (C=O) groups is 2. The number of carbonyl (C=O) groups excluding carboxylic acids is 2. The Balaban J connectivity index is 2.83. The number of amides is 1. The molecule has 1 rings (SSSR count). The number of nitro benzene ring substituents is 1. The number of benzene rings is 1. The minimum atomic E-state index is -0.716. The molecule has 0 bridgehead atoms. The van der Waals surface area contributed by atoms with Crippen LogP contribution in [0.4, 0.5) is 11.4 Å². The lowest BCUT2D eigenvalue weighted by Crippen LogP contribution is -2.28. The molecule has 0 saturated heterocycles. The Morgan fingerprint density at radius 2 is 1.77 bits per heavy atom. The molecule has 0 atom stereocenters. The normalized spacial score (nSPS) is 11.0. The zero-order chi connectivity index (χ0) is 17.1. The summed E-state index contributed by atoms with van der Waals surface area (Å²) in [7, 11) is 0. The van der Waals surface area contributed by atoms with Gasteiger partial charge in [-0.3, -0.25) is 19.7 Å². The van der Waals surface area contributed by atoms with Crippen LogP contribution in [0.3, 0.4) is 0 Å². The van der Waals surface area contributed by atoms with E-state index >= 15 is 0 Å². The monoisotopic (exact) mass is 308 g/mol. The van der Waals surface area contributed by atoms with E-state index in [0.717, 1.165) is 11.1 Å². The van der Waals surface area contributed by atoms with Crippen molar-refractivity contribution in [3.05, 3.63) is 33.4 Å². The Labute approximate surface area is 128 Å². The molecule has 120 valence electrons. The fourth-order valence-electron chi connectivity index (χ4n) is 1.59. The maximum atomic E-state index is 11.8. The Morgan fingerprint density at radius 1 is 1.23 bits per heavy atom. The maximum Gasteiger partial charge on any atom is 0.311 e. The number of nitro groups is 1. The fourth-order valence-corrected chi connectivity index (χ4v) is 1.59. The highest BCUT2D eigenvalue weighted by Crippen LogP contribution is 2.27. The summed E-state index contributed by atoms with van der Waals surface area (Å²) in [6.45, 7) is 8.05. The molecule has 0 heterocycles. The molecular weight excluding hydrogens is 288 g/mol. The molecule has 0 radical (unpaired) electrons. The van der Waals surface area contributed by atoms with Gasteiger partial charge in [-0.2, -0.15) is 0 Å². The number of nitrogens with zero attached hydrogens (tertiary/aromatic N) is 1. The molecule has 1 aromatic carbocycles. The van der Waals surface area contributed by atoms with E-state index in [1.54, 1.807) is 34.6 Å². The second kappa shape index (κ2) is 6.55. The maximum absolute atomic E-state index is 11.8. The summed E-state index contributed by atoms with van der Waals surface area (Å²) >= 11 is 0. The highest BCUT2D eigenvalue weighted by atomic mass is 16.6. The standard InChI is InChI=1S/C15H20N2O5/c1-9-6-11(12(17(20)21)7-10(9)2)16-13(18)8-22-14(19)15(3,4)5/h6-7H,8H2,1-5H3,(H,16,18). The summed E-state index contributed by atoms with van der Waals surface area (Å²) in [5, 5.41) is 13.4. The van der Waals surface area contributed by atoms with E-state index < -0.39 is 28.8 Å². The lowest BCUT2D eigenvalue weighted by atomic mass is 9.97. The smallest absolute Gasteiger partial charge is 0.311 e. The highest BCUT2D eigenvalue weighted by Gasteiger charge is 2.24. The van der Waals surface area contributed by atoms with Crippen LogP contribution in [0, 0.1) is 29.4 Å². The predicted octanol–water partition coefficient (Wildman–Crippen LogP) is 2.74. The second-order valence-corrected chi connectivity index (χ2v) is 6.09. The van der Waals surface area contributed by atoms with E-state index in [4.69, 9.17) is 4.74 Å². The summed E-state index contributed by atoms with van der Waals surface area (Å²) in [6.07, 6.45) is 0. The lowest BCUT2D eigenvalue weighted by Gasteiger charge is -2.16. The number of rotatable bonds is 4. The Kier molecular flexibility index (Phi) is 5.24. The summed E-state index contributed by atoms with van der Waals surface area (Å²) in [5.41, 5.74) is 0.743. The molecule has 7 nitrogen and oxygen atoms in total. The molecule has 0 fully saturated rings. The molecule has 22 heavy (non-hydrogen) atoms. The third-order valence-corrected chi connectivity index (χ3v) is 3.03. The van der Waals surface area contributed by atoms with Crippen LogP contribution in [-0.4, -0.2) is 23.4 Å². The molecule has 0 saturated carbocycles. The minimum Gasteiger partial charge on any atom is -0.455 e. The molecule has 7 heteroatoms. The van der Waals surface area contributed by atoms with Crippen molar-refractivity contribution in [2.75, 3.05) is 11.9 Å². The number of anilines is 1. The van der Waals surface area contributed by atoms with Crippen LogP contribution < -0.4 is 5.32 Å². The zero-order valence-electron chi connectivity index (χ0n) is 13.4. The fraction of sp³-hybridized carbons (Fsp3) is 0.467. The number of aryl methyl sites for hydroxylation is 2. The Bertz CT molecular complexity index is 617. The first-order valence-corrected chi connectivity index (χ1v) is 6.75. The SMILES string of the molecule is Cc1cc(NC(=O)COC(=O)C(C)(C)C)c([N+](=O)[O-])cc1C. The second-order valence-electron chi connectivity index (χ2n) is 6.09. The van der Waals surface area contributed by atoms with Crippen molar-refractivity contribution in [1.82, 2.24) is 0 Å². The van der Waals surface area contributed by atoms with Gasteiger partial charge in [-0.15, -0.1) is 0 Å². The summed E-state index contributed by atoms with van der Waals surface area (Å²) < 4.78 is 4.87. The summed E-state index contributed by atoms with van der Waals surface area (Å²) in [5.74, 6) is -1.14. The molecule has 1 aromatic rings. The summed E-state index contributed by atoms with van der Waals surface area (Å²) in [6, 6.07) is 2.92. The number of esters is 1. The first-order valence-electron chi connectivity index (χ1n) is 6.75. The molecule has 0 aliphatic heterocycles. The number of hydrogen-bond donors (Lipinski definition) is 1. The molecule has 0 aromatic heterocycles. The highest BCUT2D eigenvalue weighted by molar-refractivity contribution is 5.95. The molecule has 0 aliphatic rings. The Hall–Kier alpha value is -2.44. The van der Waals surface area contributed by atoms with Gasteiger partial charge in [-0.25, -0.2) is 0 Å². The van der Waals surface area contributed by atoms with Gasteiger partial charge in [-0.05, 0) is 51.8 Å². The lowest BCUT2D eigenvalue weighted by molar-refractivity contribution is -0.384. The molecule has 1 amide bonds. The van der Waals surface area contributed by atoms with Gasteiger partial charge in [0.2, 0.25) is 0 Å². The van der Waals surface area contributed by atoms with Crippen LogP contribution in [0.5, 0.6) is 0 Å². The molecular formula is C15H20N2O5. The van der Waals surface area contributed by atoms with Gasteiger partial charge in [0.1, 0.15) is 5.69 Å². The van der Waals surface area contributed by atoms with E-state index in [1.807, 2.05) is 0 Å². The van der Waals surface area contributed by atoms with Gasteiger partial charge in [-0.1, -0.05) is 0 Å². The van der Waals surface area contributed by atoms with Gasteiger partial charge < -0.3 is 10.1 Å². The van der Waals surface area contributed by atoms with Crippen molar-refractivity contribution >= 4 is 23.3 Å². The van der Waals surface area contributed by atoms with Crippen molar-refractivity contribution < 1.29 is 19.2 Å². The number of hydrogen-bond acceptors (Lipinski definition) is 5. The predicted molar refractivity (Wildman–Crippen MR) is 81.6 cm³/mol. The van der Waals surface area contributed by atoms with Crippen LogP contribution in [0.2, 0.25) is 0 Å². The van der Waals surface area contributed by atoms with Gasteiger partial charge >= 0.3 is 5.97 Å². The third kappa shape index (κ3) is 4.54. The molecule has 0 unspecified atom stereocenters. The van der Waals surface area contributed by atoms with E-state index in [0.29, 0.717) is 0 Å².